The van der Waals surface area contributed by atoms with Gasteiger partial charge in [-0.15, -0.1) is 0 Å². The molecule has 25 heavy (non-hydrogen) atoms. The largest absolute Gasteiger partial charge is 0.359 e. The van der Waals surface area contributed by atoms with E-state index >= 15 is 0 Å². The molecule has 1 fully saturated rings. The molecule has 12 heteroatoms. The molecule has 0 bridgehead atoms. The molecule has 1 N–H and O–H groups in total. The first-order chi connectivity index (χ1) is 11.7. The maximum atomic E-state index is 12.5. The summed E-state index contributed by atoms with van der Waals surface area (Å²) in [6, 6.07) is 0.381. The number of hydrogen-bond acceptors (Lipinski definition) is 8. The first kappa shape index (κ1) is 16.2. The second-order valence-electron chi connectivity index (χ2n) is 5.32. The second kappa shape index (κ2) is 5.43. The molecule has 1 aromatic rings. The highest BCUT2D eigenvalue weighted by molar-refractivity contribution is 6.25. The van der Waals surface area contributed by atoms with Crippen LogP contribution in [0.5, 0.6) is 0 Å². The summed E-state index contributed by atoms with van der Waals surface area (Å²) in [5.41, 5.74) is -3.16. The van der Waals surface area contributed by atoms with Crippen LogP contribution in [0.15, 0.2) is 12.1 Å². The predicted octanol–water partition coefficient (Wildman–Crippen LogP) is -0.0958. The van der Waals surface area contributed by atoms with Crippen molar-refractivity contribution in [1.82, 2.24) is 10.2 Å². The zero-order chi connectivity index (χ0) is 18.5. The standard InChI is InChI=1S/C13H8N4O8/c18-8-4-3-7(11(19)14-8)15-12(20)5-1-2-6(16(22)23)10(17(24)25)9(5)13(15)21/h1-2,7H,3-4H2,(H,14,18,19). The third-order valence-electron chi connectivity index (χ3n) is 3.94. The number of piperidine rings is 1. The van der Waals surface area contributed by atoms with Crippen molar-refractivity contribution < 1.29 is 29.0 Å². The van der Waals surface area contributed by atoms with E-state index in [4.69, 9.17) is 0 Å². The number of carbonyl (C=O) groups is 4. The van der Waals surface area contributed by atoms with Crippen LogP contribution in [0.4, 0.5) is 11.4 Å². The fourth-order valence-corrected chi connectivity index (χ4v) is 2.86. The summed E-state index contributed by atoms with van der Waals surface area (Å²) >= 11 is 0. The van der Waals surface area contributed by atoms with E-state index in [-0.39, 0.29) is 12.8 Å². The van der Waals surface area contributed by atoms with Gasteiger partial charge < -0.3 is 0 Å². The predicted molar refractivity (Wildman–Crippen MR) is 76.4 cm³/mol. The van der Waals surface area contributed by atoms with Gasteiger partial charge in [0.05, 0.1) is 15.4 Å². The van der Waals surface area contributed by atoms with Crippen molar-refractivity contribution >= 4 is 35.0 Å². The topological polar surface area (TPSA) is 170 Å². The number of nitro benzene ring substituents is 2. The van der Waals surface area contributed by atoms with E-state index in [0.717, 1.165) is 12.1 Å². The van der Waals surface area contributed by atoms with Crippen LogP contribution in [0, 0.1) is 20.2 Å². The number of fused-ring (bicyclic) bond motifs is 1. The second-order valence-corrected chi connectivity index (χ2v) is 5.32. The minimum atomic E-state index is -1.32. The van der Waals surface area contributed by atoms with Crippen LogP contribution in [0.1, 0.15) is 33.6 Å². The Morgan fingerprint density at radius 3 is 2.28 bits per heavy atom. The van der Waals surface area contributed by atoms with Gasteiger partial charge in [-0.2, -0.15) is 0 Å². The van der Waals surface area contributed by atoms with Gasteiger partial charge >= 0.3 is 11.4 Å². The summed E-state index contributed by atoms with van der Waals surface area (Å²) in [7, 11) is 0. The number of nitro groups is 2. The van der Waals surface area contributed by atoms with Crippen LogP contribution in [-0.2, 0) is 9.59 Å². The monoisotopic (exact) mass is 348 g/mol. The van der Waals surface area contributed by atoms with Gasteiger partial charge in [0, 0.05) is 12.5 Å². The molecule has 1 unspecified atom stereocenters. The molecule has 2 heterocycles. The molecule has 4 amide bonds. The first-order valence-corrected chi connectivity index (χ1v) is 6.91. The maximum absolute atomic E-state index is 12.5. The molecule has 0 radical (unpaired) electrons. The van der Waals surface area contributed by atoms with E-state index in [9.17, 15) is 39.4 Å². The number of rotatable bonds is 3. The third kappa shape index (κ3) is 2.31. The lowest BCUT2D eigenvalue weighted by Gasteiger charge is -2.27. The van der Waals surface area contributed by atoms with Crippen molar-refractivity contribution in [3.8, 4) is 0 Å². The highest BCUT2D eigenvalue weighted by Gasteiger charge is 2.50. The molecule has 0 aliphatic carbocycles. The van der Waals surface area contributed by atoms with Crippen molar-refractivity contribution in [2.45, 2.75) is 18.9 Å². The van der Waals surface area contributed by atoms with Crippen LogP contribution in [0.25, 0.3) is 0 Å². The van der Waals surface area contributed by atoms with Crippen molar-refractivity contribution in [1.29, 1.82) is 0 Å². The number of nitrogens with zero attached hydrogens (tertiary/aromatic N) is 3. The molecule has 0 saturated carbocycles. The fourth-order valence-electron chi connectivity index (χ4n) is 2.86. The van der Waals surface area contributed by atoms with Crippen LogP contribution in [0.2, 0.25) is 0 Å². The normalized spacial score (nSPS) is 19.7. The Hall–Kier alpha value is -3.70. The first-order valence-electron chi connectivity index (χ1n) is 6.91. The molecule has 2 aliphatic rings. The molecule has 0 aromatic heterocycles. The molecule has 1 aromatic carbocycles. The quantitative estimate of drug-likeness (QED) is 0.448. The highest BCUT2D eigenvalue weighted by Crippen LogP contribution is 2.39. The number of imide groups is 2. The molecule has 0 spiro atoms. The number of nitrogens with one attached hydrogen (secondary N) is 1. The van der Waals surface area contributed by atoms with Gasteiger partial charge in [-0.3, -0.25) is 49.6 Å². The van der Waals surface area contributed by atoms with E-state index in [2.05, 4.69) is 0 Å². The van der Waals surface area contributed by atoms with Crippen molar-refractivity contribution in [3.63, 3.8) is 0 Å². The SMILES string of the molecule is O=C1CCC(N2C(=O)c3ccc([N+](=O)[O-])c([N+](=O)[O-])c3C2=O)C(=O)N1. The van der Waals surface area contributed by atoms with Gasteiger partial charge in [0.2, 0.25) is 11.8 Å². The van der Waals surface area contributed by atoms with Gasteiger partial charge in [0.15, 0.2) is 0 Å². The number of benzene rings is 1. The van der Waals surface area contributed by atoms with Crippen LogP contribution in [0.3, 0.4) is 0 Å². The van der Waals surface area contributed by atoms with E-state index in [0.29, 0.717) is 4.90 Å². The lowest BCUT2D eigenvalue weighted by atomic mass is 10.0. The summed E-state index contributed by atoms with van der Waals surface area (Å²) in [6.45, 7) is 0. The van der Waals surface area contributed by atoms with Crippen LogP contribution in [-0.4, -0.2) is 44.4 Å². The molecule has 3 rings (SSSR count). The Morgan fingerprint density at radius 1 is 1.04 bits per heavy atom. The molecule has 1 saturated heterocycles. The van der Waals surface area contributed by atoms with E-state index in [1.54, 1.807) is 0 Å². The van der Waals surface area contributed by atoms with Gasteiger partial charge in [-0.25, -0.2) is 0 Å². The maximum Gasteiger partial charge on any atom is 0.359 e. The summed E-state index contributed by atoms with van der Waals surface area (Å²) in [6.07, 6.45) is -0.252. The zero-order valence-corrected chi connectivity index (χ0v) is 12.3. The smallest absolute Gasteiger partial charge is 0.295 e. The Bertz CT molecular complexity index is 892. The summed E-state index contributed by atoms with van der Waals surface area (Å²) in [4.78, 5) is 68.6. The van der Waals surface area contributed by atoms with Crippen molar-refractivity contribution in [2.24, 2.45) is 0 Å². The molecule has 2 aliphatic heterocycles. The Labute approximate surface area is 137 Å². The molecule has 128 valence electrons. The fraction of sp³-hybridized carbons (Fsp3) is 0.231. The summed E-state index contributed by atoms with van der Waals surface area (Å²) in [5.74, 6) is -3.61. The van der Waals surface area contributed by atoms with E-state index < -0.39 is 62.0 Å². The summed E-state index contributed by atoms with van der Waals surface area (Å²) < 4.78 is 0. The number of amides is 4. The van der Waals surface area contributed by atoms with Crippen LogP contribution >= 0.6 is 0 Å². The van der Waals surface area contributed by atoms with Crippen LogP contribution < -0.4 is 5.32 Å². The minimum Gasteiger partial charge on any atom is -0.295 e. The molecule has 12 nitrogen and oxygen atoms in total. The highest BCUT2D eigenvalue weighted by atomic mass is 16.6. The minimum absolute atomic E-state index is 0.119. The average molecular weight is 348 g/mol. The number of carbonyl (C=O) groups excluding carboxylic acids is 4. The third-order valence-corrected chi connectivity index (χ3v) is 3.94. The van der Waals surface area contributed by atoms with Crippen molar-refractivity contribution in [3.05, 3.63) is 43.5 Å². The average Bonchev–Trinajstić information content (AvgIpc) is 2.78. The number of hydrogen-bond donors (Lipinski definition) is 1. The summed E-state index contributed by atoms with van der Waals surface area (Å²) in [5, 5.41) is 24.2. The Kier molecular flexibility index (Phi) is 3.51. The molecular weight excluding hydrogens is 340 g/mol. The van der Waals surface area contributed by atoms with Gasteiger partial charge in [-0.1, -0.05) is 0 Å². The Balaban J connectivity index is 2.13. The van der Waals surface area contributed by atoms with Gasteiger partial charge in [-0.05, 0) is 12.5 Å². The molecule has 1 atom stereocenters. The lowest BCUT2D eigenvalue weighted by molar-refractivity contribution is -0.422. The van der Waals surface area contributed by atoms with E-state index in [1.165, 1.54) is 0 Å². The zero-order valence-electron chi connectivity index (χ0n) is 12.3. The van der Waals surface area contributed by atoms with Crippen molar-refractivity contribution in [2.75, 3.05) is 0 Å². The van der Waals surface area contributed by atoms with Gasteiger partial charge in [0.1, 0.15) is 11.6 Å². The Morgan fingerprint density at radius 2 is 1.72 bits per heavy atom. The lowest BCUT2D eigenvalue weighted by Crippen LogP contribution is -2.54. The van der Waals surface area contributed by atoms with E-state index in [1.807, 2.05) is 5.32 Å². The van der Waals surface area contributed by atoms with Gasteiger partial charge in [0.25, 0.3) is 11.8 Å². The molecular formula is C13H8N4O8.